The van der Waals surface area contributed by atoms with Crippen molar-refractivity contribution in [2.24, 2.45) is 0 Å². The molecule has 0 radical (unpaired) electrons. The molecule has 1 spiro atoms. The summed E-state index contributed by atoms with van der Waals surface area (Å²) in [4.78, 5) is 22.9. The average Bonchev–Trinajstić information content (AvgIpc) is 3.37. The van der Waals surface area contributed by atoms with Gasteiger partial charge >= 0.3 is 24.3 Å². The molecule has 3 heterocycles. The number of aryl methyl sites for hydroxylation is 2. The molecule has 2 saturated heterocycles. The number of piperidine rings is 1. The summed E-state index contributed by atoms with van der Waals surface area (Å²) in [5.74, 6) is -4.71. The molecule has 15 heteroatoms. The van der Waals surface area contributed by atoms with Crippen LogP contribution in [-0.2, 0) is 22.7 Å². The van der Waals surface area contributed by atoms with Crippen LogP contribution in [0.3, 0.4) is 0 Å². The predicted molar refractivity (Wildman–Crippen MR) is 127 cm³/mol. The van der Waals surface area contributed by atoms with Crippen LogP contribution < -0.4 is 0 Å². The highest BCUT2D eigenvalue weighted by atomic mass is 19.4. The third kappa shape index (κ3) is 9.47. The molecule has 8 nitrogen and oxygen atoms in total. The summed E-state index contributed by atoms with van der Waals surface area (Å²) in [6.45, 7) is 9.14. The Morgan fingerprint density at radius 1 is 0.950 bits per heavy atom. The molecule has 0 unspecified atom stereocenters. The highest BCUT2D eigenvalue weighted by Crippen LogP contribution is 2.39. The van der Waals surface area contributed by atoms with Crippen molar-refractivity contribution in [3.05, 3.63) is 52.7 Å². The monoisotopic (exact) mass is 585 g/mol. The van der Waals surface area contributed by atoms with E-state index in [9.17, 15) is 30.7 Å². The third-order valence-electron chi connectivity index (χ3n) is 6.84. The molecule has 0 saturated carbocycles. The number of halogens is 7. The number of carboxylic acid groups (broad SMARTS) is 2. The van der Waals surface area contributed by atoms with Crippen molar-refractivity contribution in [2.45, 2.75) is 70.5 Å². The second kappa shape index (κ2) is 13.4. The quantitative estimate of drug-likeness (QED) is 0.464. The van der Waals surface area contributed by atoms with Crippen LogP contribution >= 0.6 is 0 Å². The highest BCUT2D eigenvalue weighted by Gasteiger charge is 2.43. The maximum Gasteiger partial charge on any atom is 0.490 e. The number of hydrogen-bond donors (Lipinski definition) is 2. The fraction of sp³-hybridized carbons (Fsp3) is 0.560. The summed E-state index contributed by atoms with van der Waals surface area (Å²) in [5, 5.41) is 18.3. The second-order valence-electron chi connectivity index (χ2n) is 9.56. The largest absolute Gasteiger partial charge is 0.490 e. The summed E-state index contributed by atoms with van der Waals surface area (Å²) >= 11 is 0. The SMILES string of the molecule is Cc1noc(C)c1CN1CCC2(CCCN2Cc2cccc(F)c2)CC1.O=C(O)C(F)(F)F.O=C(O)C(F)(F)F. The van der Waals surface area contributed by atoms with Crippen LogP contribution in [-0.4, -0.2) is 74.6 Å². The Bertz CT molecular complexity index is 1100. The van der Waals surface area contributed by atoms with Gasteiger partial charge in [0.2, 0.25) is 0 Å². The summed E-state index contributed by atoms with van der Waals surface area (Å²) in [6, 6.07) is 7.07. The van der Waals surface area contributed by atoms with E-state index in [1.54, 1.807) is 6.07 Å². The number of alkyl halides is 6. The van der Waals surface area contributed by atoms with Gasteiger partial charge in [0.25, 0.3) is 0 Å². The maximum absolute atomic E-state index is 13.5. The zero-order valence-electron chi connectivity index (χ0n) is 21.8. The molecule has 2 aromatic rings. The molecule has 2 fully saturated rings. The Hall–Kier alpha value is -3.20. The molecule has 2 N–H and O–H groups in total. The van der Waals surface area contributed by atoms with Gasteiger partial charge in [-0.3, -0.25) is 9.80 Å². The number of benzene rings is 1. The predicted octanol–water partition coefficient (Wildman–Crippen LogP) is 5.33. The van der Waals surface area contributed by atoms with E-state index in [-0.39, 0.29) is 5.82 Å². The Labute approximate surface area is 225 Å². The Kier molecular flexibility index (Phi) is 11.1. The van der Waals surface area contributed by atoms with Crippen LogP contribution in [0.4, 0.5) is 30.7 Å². The van der Waals surface area contributed by atoms with Gasteiger partial charge in [0.1, 0.15) is 11.6 Å². The van der Waals surface area contributed by atoms with Crippen molar-refractivity contribution in [3.63, 3.8) is 0 Å². The lowest BCUT2D eigenvalue weighted by atomic mass is 9.84. The topological polar surface area (TPSA) is 107 Å². The molecule has 0 atom stereocenters. The first-order valence-electron chi connectivity index (χ1n) is 12.2. The fourth-order valence-corrected chi connectivity index (χ4v) is 4.74. The van der Waals surface area contributed by atoms with E-state index in [1.165, 1.54) is 37.3 Å². The number of likely N-dealkylation sites (tertiary alicyclic amines) is 2. The van der Waals surface area contributed by atoms with Crippen molar-refractivity contribution in [1.82, 2.24) is 15.0 Å². The molecule has 224 valence electrons. The van der Waals surface area contributed by atoms with Gasteiger partial charge in [0.05, 0.1) is 5.69 Å². The first-order valence-corrected chi connectivity index (χ1v) is 12.2. The molecule has 2 aliphatic heterocycles. The number of rotatable bonds is 4. The summed E-state index contributed by atoms with van der Waals surface area (Å²) in [5.41, 5.74) is 3.63. The fourth-order valence-electron chi connectivity index (χ4n) is 4.74. The van der Waals surface area contributed by atoms with Gasteiger partial charge in [0, 0.05) is 37.3 Å². The van der Waals surface area contributed by atoms with Crippen LogP contribution in [0.5, 0.6) is 0 Å². The summed E-state index contributed by atoms with van der Waals surface area (Å²) in [7, 11) is 0. The molecule has 0 aliphatic carbocycles. The first-order chi connectivity index (χ1) is 18.4. The number of hydrogen-bond acceptors (Lipinski definition) is 6. The van der Waals surface area contributed by atoms with Gasteiger partial charge in [-0.15, -0.1) is 0 Å². The van der Waals surface area contributed by atoms with Gasteiger partial charge in [-0.2, -0.15) is 26.3 Å². The lowest BCUT2D eigenvalue weighted by Gasteiger charge is -2.45. The van der Waals surface area contributed by atoms with E-state index < -0.39 is 24.3 Å². The van der Waals surface area contributed by atoms with Crippen LogP contribution in [0.1, 0.15) is 48.3 Å². The standard InChI is InChI=1S/C21H28FN3O.2C2HF3O2/c1-16-20(17(2)26-23-16)15-24-11-8-21(9-12-24)7-4-10-25(21)14-18-5-3-6-19(22)13-18;2*3-2(4,5)1(6)7/h3,5-6,13H,4,7-12,14-15H2,1-2H3;2*(H,6,7). The first kappa shape index (κ1) is 33.0. The molecule has 0 bridgehead atoms. The van der Waals surface area contributed by atoms with Crippen molar-refractivity contribution in [1.29, 1.82) is 0 Å². The normalized spacial score (nSPS) is 17.5. The molecule has 0 amide bonds. The second-order valence-corrected chi connectivity index (χ2v) is 9.56. The number of carbonyl (C=O) groups is 2. The molecule has 40 heavy (non-hydrogen) atoms. The van der Waals surface area contributed by atoms with Gasteiger partial charge < -0.3 is 14.7 Å². The van der Waals surface area contributed by atoms with E-state index in [0.29, 0.717) is 5.54 Å². The van der Waals surface area contributed by atoms with Crippen molar-refractivity contribution in [2.75, 3.05) is 19.6 Å². The van der Waals surface area contributed by atoms with Gasteiger partial charge in [0.15, 0.2) is 0 Å². The number of carboxylic acids is 2. The van der Waals surface area contributed by atoms with E-state index in [4.69, 9.17) is 24.3 Å². The maximum atomic E-state index is 13.5. The van der Waals surface area contributed by atoms with Gasteiger partial charge in [-0.1, -0.05) is 17.3 Å². The van der Waals surface area contributed by atoms with Gasteiger partial charge in [-0.05, 0) is 63.8 Å². The summed E-state index contributed by atoms with van der Waals surface area (Å²) in [6.07, 6.45) is -5.28. The van der Waals surface area contributed by atoms with Crippen LogP contribution in [0.25, 0.3) is 0 Å². The Morgan fingerprint density at radius 3 is 1.95 bits per heavy atom. The zero-order valence-corrected chi connectivity index (χ0v) is 21.8. The van der Waals surface area contributed by atoms with E-state index in [0.717, 1.165) is 49.7 Å². The molecule has 2 aliphatic rings. The van der Waals surface area contributed by atoms with E-state index in [2.05, 4.69) is 15.0 Å². The number of nitrogens with zero attached hydrogens (tertiary/aromatic N) is 3. The number of aliphatic carboxylic acids is 2. The van der Waals surface area contributed by atoms with Crippen molar-refractivity contribution < 1.29 is 55.1 Å². The van der Waals surface area contributed by atoms with Crippen LogP contribution in [0.2, 0.25) is 0 Å². The number of aromatic nitrogens is 1. The molecule has 1 aromatic heterocycles. The smallest absolute Gasteiger partial charge is 0.475 e. The molecular weight excluding hydrogens is 555 g/mol. The minimum Gasteiger partial charge on any atom is -0.475 e. The van der Waals surface area contributed by atoms with Crippen molar-refractivity contribution >= 4 is 11.9 Å². The minimum atomic E-state index is -5.08. The molecular formula is C25H30F7N3O5. The minimum absolute atomic E-state index is 0.134. The average molecular weight is 586 g/mol. The van der Waals surface area contributed by atoms with E-state index >= 15 is 0 Å². The Balaban J connectivity index is 0.000000333. The molecule has 4 rings (SSSR count). The molecule has 1 aromatic carbocycles. The van der Waals surface area contributed by atoms with E-state index in [1.807, 2.05) is 26.0 Å². The zero-order chi connectivity index (χ0) is 30.3. The lowest BCUT2D eigenvalue weighted by molar-refractivity contribution is -0.193. The Morgan fingerprint density at radius 2 is 1.50 bits per heavy atom. The third-order valence-corrected chi connectivity index (χ3v) is 6.84. The van der Waals surface area contributed by atoms with Crippen LogP contribution in [0, 0.1) is 19.7 Å². The summed E-state index contributed by atoms with van der Waals surface area (Å²) < 4.78 is 82.3. The van der Waals surface area contributed by atoms with Crippen LogP contribution in [0.15, 0.2) is 28.8 Å². The lowest BCUT2D eigenvalue weighted by Crippen LogP contribution is -2.51. The van der Waals surface area contributed by atoms with Gasteiger partial charge in [-0.25, -0.2) is 14.0 Å². The highest BCUT2D eigenvalue weighted by molar-refractivity contribution is 5.73. The van der Waals surface area contributed by atoms with Crippen molar-refractivity contribution in [3.8, 4) is 0 Å².